The highest BCUT2D eigenvalue weighted by atomic mass is 16.6. The molecule has 1 rings (SSSR count). The number of aliphatic imine (C=N–C) groups is 1. The Balaban J connectivity index is 3.44. The van der Waals surface area contributed by atoms with Crippen LogP contribution in [0.2, 0.25) is 0 Å². The smallest absolute Gasteiger partial charge is 0.411 e. The van der Waals surface area contributed by atoms with Crippen LogP contribution in [0.4, 0.5) is 14.4 Å². The molecule has 11 heteroatoms. The van der Waals surface area contributed by atoms with E-state index in [1.54, 1.807) is 27.2 Å². The van der Waals surface area contributed by atoms with Gasteiger partial charge in [-0.2, -0.15) is 0 Å². The Morgan fingerprint density at radius 1 is 0.757 bits per heavy atom. The van der Waals surface area contributed by atoms with Gasteiger partial charge in [0.05, 0.1) is 31.9 Å². The third-order valence-corrected chi connectivity index (χ3v) is 7.22. The summed E-state index contributed by atoms with van der Waals surface area (Å²) < 4.78 is 16.4. The molecule has 1 saturated carbocycles. The molecule has 0 N–H and O–H groups in total. The highest BCUT2D eigenvalue weighted by molar-refractivity contribution is 5.73. The first-order valence-corrected chi connectivity index (χ1v) is 13.4. The van der Waals surface area contributed by atoms with E-state index < -0.39 is 29.5 Å². The van der Waals surface area contributed by atoms with Crippen LogP contribution in [0.1, 0.15) is 85.0 Å². The average Bonchev–Trinajstić information content (AvgIpc) is 2.90. The van der Waals surface area contributed by atoms with Crippen LogP contribution in [0.25, 0.3) is 0 Å². The summed E-state index contributed by atoms with van der Waals surface area (Å²) in [6.45, 7) is 6.73. The van der Waals surface area contributed by atoms with Crippen LogP contribution in [0, 0.1) is 0 Å². The predicted molar refractivity (Wildman–Crippen MR) is 139 cm³/mol. The fourth-order valence-electron chi connectivity index (χ4n) is 4.64. The molecule has 212 valence electrons. The lowest BCUT2D eigenvalue weighted by Gasteiger charge is -2.56. The maximum absolute atomic E-state index is 13.1. The summed E-state index contributed by atoms with van der Waals surface area (Å²) in [5.74, 6) is 0. The summed E-state index contributed by atoms with van der Waals surface area (Å²) in [5.41, 5.74) is -2.20. The van der Waals surface area contributed by atoms with E-state index in [2.05, 4.69) is 4.99 Å². The Kier molecular flexibility index (Phi) is 14.0. The number of ether oxygens (including phenoxy) is 3. The SMILES string of the molecule is CCCCOC(=O)N(C)C1(CN=C=O)CCCC(N(C)C(=O)OCCCC)(N(C)C(=O)OCCCC)C1. The van der Waals surface area contributed by atoms with Crippen molar-refractivity contribution in [3.63, 3.8) is 0 Å². The Morgan fingerprint density at radius 2 is 1.19 bits per heavy atom. The van der Waals surface area contributed by atoms with Crippen LogP contribution in [-0.2, 0) is 19.0 Å². The van der Waals surface area contributed by atoms with Gasteiger partial charge >= 0.3 is 18.3 Å². The second-order valence-corrected chi connectivity index (χ2v) is 9.73. The third kappa shape index (κ3) is 8.62. The molecule has 1 aliphatic rings. The first-order valence-electron chi connectivity index (χ1n) is 13.4. The lowest BCUT2D eigenvalue weighted by atomic mass is 9.73. The third-order valence-electron chi connectivity index (χ3n) is 7.22. The van der Waals surface area contributed by atoms with E-state index in [1.165, 1.54) is 14.7 Å². The molecule has 0 aromatic carbocycles. The predicted octanol–water partition coefficient (Wildman–Crippen LogP) is 4.94. The van der Waals surface area contributed by atoms with Crippen molar-refractivity contribution < 1.29 is 33.4 Å². The van der Waals surface area contributed by atoms with E-state index in [-0.39, 0.29) is 32.8 Å². The zero-order chi connectivity index (χ0) is 27.9. The summed E-state index contributed by atoms with van der Waals surface area (Å²) in [6.07, 6.45) is 6.21. The largest absolute Gasteiger partial charge is 0.449 e. The molecule has 0 spiro atoms. The number of nitrogens with zero attached hydrogens (tertiary/aromatic N) is 4. The second kappa shape index (κ2) is 16.1. The van der Waals surface area contributed by atoms with E-state index in [0.717, 1.165) is 25.7 Å². The zero-order valence-electron chi connectivity index (χ0n) is 23.5. The first-order chi connectivity index (χ1) is 17.7. The molecule has 1 aliphatic carbocycles. The highest BCUT2D eigenvalue weighted by Crippen LogP contribution is 2.44. The van der Waals surface area contributed by atoms with E-state index in [1.807, 2.05) is 20.8 Å². The Bertz CT molecular complexity index is 759. The molecule has 0 radical (unpaired) electrons. The van der Waals surface area contributed by atoms with E-state index in [9.17, 15) is 19.2 Å². The summed E-state index contributed by atoms with van der Waals surface area (Å²) >= 11 is 0. The number of carbonyl (C=O) groups excluding carboxylic acids is 4. The summed E-state index contributed by atoms with van der Waals surface area (Å²) in [7, 11) is 4.77. The van der Waals surface area contributed by atoms with Gasteiger partial charge in [0.15, 0.2) is 0 Å². The lowest BCUT2D eigenvalue weighted by molar-refractivity contribution is -0.0847. The first kappa shape index (κ1) is 32.2. The normalized spacial score (nSPS) is 18.2. The Labute approximate surface area is 221 Å². The maximum Gasteiger partial charge on any atom is 0.411 e. The molecular weight excluding hydrogens is 480 g/mol. The van der Waals surface area contributed by atoms with Gasteiger partial charge in [-0.15, -0.1) is 0 Å². The topological polar surface area (TPSA) is 118 Å². The van der Waals surface area contributed by atoms with E-state index in [0.29, 0.717) is 32.1 Å². The second-order valence-electron chi connectivity index (χ2n) is 9.73. The Morgan fingerprint density at radius 3 is 1.59 bits per heavy atom. The van der Waals surface area contributed by atoms with Gasteiger partial charge in [-0.3, -0.25) is 9.80 Å². The fraction of sp³-hybridized carbons (Fsp3) is 0.846. The molecule has 11 nitrogen and oxygen atoms in total. The number of hydrogen-bond acceptors (Lipinski definition) is 8. The van der Waals surface area contributed by atoms with E-state index >= 15 is 0 Å². The van der Waals surface area contributed by atoms with Crippen molar-refractivity contribution >= 4 is 24.4 Å². The van der Waals surface area contributed by atoms with Crippen LogP contribution in [-0.4, -0.2) is 97.8 Å². The number of carbonyl (C=O) groups is 3. The summed E-state index contributed by atoms with van der Waals surface area (Å²) in [4.78, 5) is 58.6. The van der Waals surface area contributed by atoms with Gasteiger partial charge in [0.25, 0.3) is 0 Å². The van der Waals surface area contributed by atoms with Crippen molar-refractivity contribution in [2.75, 3.05) is 47.5 Å². The minimum atomic E-state index is -1.19. The van der Waals surface area contributed by atoms with Crippen LogP contribution in [0.15, 0.2) is 4.99 Å². The van der Waals surface area contributed by atoms with Gasteiger partial charge in [0.2, 0.25) is 6.08 Å². The maximum atomic E-state index is 13.1. The number of likely N-dealkylation sites (N-methyl/N-ethyl adjacent to an activating group) is 1. The number of amides is 3. The van der Waals surface area contributed by atoms with Crippen LogP contribution >= 0.6 is 0 Å². The molecule has 1 unspecified atom stereocenters. The molecule has 0 bridgehead atoms. The van der Waals surface area contributed by atoms with Crippen LogP contribution in [0.5, 0.6) is 0 Å². The van der Waals surface area contributed by atoms with Gasteiger partial charge in [-0.25, -0.2) is 24.2 Å². The van der Waals surface area contributed by atoms with Crippen LogP contribution < -0.4 is 0 Å². The van der Waals surface area contributed by atoms with Crippen LogP contribution in [0.3, 0.4) is 0 Å². The molecule has 1 fully saturated rings. The quantitative estimate of drug-likeness (QED) is 0.103. The van der Waals surface area contributed by atoms with Crippen molar-refractivity contribution in [3.05, 3.63) is 0 Å². The lowest BCUT2D eigenvalue weighted by Crippen LogP contribution is -2.69. The van der Waals surface area contributed by atoms with Gasteiger partial charge in [-0.1, -0.05) is 40.0 Å². The van der Waals surface area contributed by atoms with Crippen molar-refractivity contribution in [2.24, 2.45) is 4.99 Å². The van der Waals surface area contributed by atoms with Gasteiger partial charge in [0.1, 0.15) is 5.66 Å². The van der Waals surface area contributed by atoms with Crippen molar-refractivity contribution in [3.8, 4) is 0 Å². The van der Waals surface area contributed by atoms with Gasteiger partial charge < -0.3 is 19.1 Å². The molecule has 0 saturated heterocycles. The number of rotatable bonds is 14. The van der Waals surface area contributed by atoms with Crippen molar-refractivity contribution in [1.29, 1.82) is 0 Å². The van der Waals surface area contributed by atoms with Gasteiger partial charge in [-0.05, 0) is 38.5 Å². The number of unbranched alkanes of at least 4 members (excludes halogenated alkanes) is 3. The number of isocyanates is 1. The molecule has 0 heterocycles. The molecule has 0 aromatic rings. The minimum absolute atomic E-state index is 0.0466. The Hall–Kier alpha value is -2.81. The van der Waals surface area contributed by atoms with Gasteiger partial charge in [0, 0.05) is 27.6 Å². The van der Waals surface area contributed by atoms with E-state index in [4.69, 9.17) is 14.2 Å². The highest BCUT2D eigenvalue weighted by Gasteiger charge is 2.55. The zero-order valence-corrected chi connectivity index (χ0v) is 23.5. The molecular formula is C26H46N4O7. The standard InChI is InChI=1S/C26H46N4O7/c1-7-10-16-35-22(32)28(4)25(20-27-21-31)14-13-15-26(19-25,29(5)23(33)36-17-11-8-2)30(6)24(34)37-18-12-9-3/h7-20H2,1-6H3. The summed E-state index contributed by atoms with van der Waals surface area (Å²) in [6, 6.07) is 0. The fourth-order valence-corrected chi connectivity index (χ4v) is 4.64. The molecule has 1 atom stereocenters. The minimum Gasteiger partial charge on any atom is -0.449 e. The number of hydrogen-bond donors (Lipinski definition) is 0. The van der Waals surface area contributed by atoms with Crippen molar-refractivity contribution in [2.45, 2.75) is 96.2 Å². The summed E-state index contributed by atoms with van der Waals surface area (Å²) in [5, 5.41) is 0. The average molecular weight is 527 g/mol. The van der Waals surface area contributed by atoms with Crippen molar-refractivity contribution in [1.82, 2.24) is 14.7 Å². The monoisotopic (exact) mass is 526 g/mol. The molecule has 3 amide bonds. The molecule has 37 heavy (non-hydrogen) atoms. The molecule has 0 aliphatic heterocycles. The molecule has 0 aromatic heterocycles.